The predicted molar refractivity (Wildman–Crippen MR) is 209 cm³/mol. The first kappa shape index (κ1) is 23.8. The molecule has 0 unspecified atom stereocenters. The summed E-state index contributed by atoms with van der Waals surface area (Å²) in [6, 6.07) is 55.3. The molecule has 0 aliphatic heterocycles. The fraction of sp³-hybridized carbons (Fsp3) is 0.0426. The van der Waals surface area contributed by atoms with Crippen molar-refractivity contribution in [2.75, 3.05) is 0 Å². The van der Waals surface area contributed by atoms with Gasteiger partial charge in [-0.25, -0.2) is 4.98 Å². The van der Waals surface area contributed by atoms with E-state index in [1.54, 1.807) is 10.6 Å². The van der Waals surface area contributed by atoms with E-state index in [-0.39, 0.29) is 5.82 Å². The largest absolute Gasteiger partial charge is 0.456 e. The molecule has 0 radical (unpaired) electrons. The fourth-order valence-corrected chi connectivity index (χ4v) is 7.66. The molecule has 3 heteroatoms. The Morgan fingerprint density at radius 3 is 2.02 bits per heavy atom. The number of aromatic nitrogens is 2. The van der Waals surface area contributed by atoms with Crippen LogP contribution in [0.3, 0.4) is 0 Å². The summed E-state index contributed by atoms with van der Waals surface area (Å²) in [6.07, 6.45) is -2.71. The Balaban J connectivity index is 1.27. The zero-order chi connectivity index (χ0) is 37.5. The molecule has 0 atom stereocenters. The van der Waals surface area contributed by atoms with E-state index in [0.29, 0.717) is 16.7 Å². The lowest BCUT2D eigenvalue weighted by Gasteiger charge is -2.19. The van der Waals surface area contributed by atoms with Crippen LogP contribution in [0.2, 0.25) is 0 Å². The highest BCUT2D eigenvalue weighted by Gasteiger charge is 2.20. The SMILES string of the molecule is [2H]C([2H])([2H])C([2H])([2H])c1nc2ccccc2n1-c1cccc(-c2c3ccccc3c(-c3ccc4oc5ccccc5c4c3)c3cc(-c4ccccc4)ccc23)c1. The van der Waals surface area contributed by atoms with Crippen LogP contribution in [0.25, 0.3) is 93.6 Å². The lowest BCUT2D eigenvalue weighted by molar-refractivity contribution is 0.669. The van der Waals surface area contributed by atoms with Gasteiger partial charge in [0.05, 0.1) is 11.0 Å². The lowest BCUT2D eigenvalue weighted by Crippen LogP contribution is -2.00. The van der Waals surface area contributed by atoms with Crippen molar-refractivity contribution >= 4 is 54.5 Å². The van der Waals surface area contributed by atoms with E-state index in [2.05, 4.69) is 102 Å². The number of hydrogen-bond acceptors (Lipinski definition) is 2. The maximum absolute atomic E-state index is 8.77. The summed E-state index contributed by atoms with van der Waals surface area (Å²) in [6.45, 7) is -2.94. The number of aryl methyl sites for hydroxylation is 1. The predicted octanol–water partition coefficient (Wildman–Crippen LogP) is 12.8. The number of furan rings is 1. The Morgan fingerprint density at radius 1 is 0.520 bits per heavy atom. The number of rotatable bonds is 5. The summed E-state index contributed by atoms with van der Waals surface area (Å²) in [5, 5.41) is 6.40. The van der Waals surface area contributed by atoms with Crippen molar-refractivity contribution in [3.05, 3.63) is 170 Å². The zero-order valence-electron chi connectivity index (χ0n) is 31.9. The molecular formula is C47H32N2O. The van der Waals surface area contributed by atoms with Gasteiger partial charge in [0.2, 0.25) is 0 Å². The Morgan fingerprint density at radius 2 is 1.16 bits per heavy atom. The third-order valence-electron chi connectivity index (χ3n) is 9.86. The van der Waals surface area contributed by atoms with Gasteiger partial charge in [-0.1, -0.05) is 122 Å². The van der Waals surface area contributed by atoms with Crippen LogP contribution >= 0.6 is 0 Å². The summed E-state index contributed by atoms with van der Waals surface area (Å²) in [7, 11) is 0. The molecule has 0 spiro atoms. The molecule has 0 saturated heterocycles. The third kappa shape index (κ3) is 4.40. The molecule has 0 bridgehead atoms. The summed E-state index contributed by atoms with van der Waals surface area (Å²) >= 11 is 0. The molecule has 2 heterocycles. The topological polar surface area (TPSA) is 31.0 Å². The van der Waals surface area contributed by atoms with Gasteiger partial charge in [-0.15, -0.1) is 0 Å². The van der Waals surface area contributed by atoms with E-state index in [1.807, 2.05) is 60.7 Å². The highest BCUT2D eigenvalue weighted by atomic mass is 16.3. The molecule has 3 nitrogen and oxygen atoms in total. The monoisotopic (exact) mass is 645 g/mol. The van der Waals surface area contributed by atoms with Gasteiger partial charge in [0.1, 0.15) is 17.0 Å². The maximum atomic E-state index is 8.77. The second-order valence-electron chi connectivity index (χ2n) is 12.7. The molecule has 2 aromatic heterocycles. The molecule has 10 aromatic rings. The summed E-state index contributed by atoms with van der Waals surface area (Å²) in [5.74, 6) is -0.162. The molecule has 0 aliphatic carbocycles. The van der Waals surface area contributed by atoms with E-state index < -0.39 is 13.2 Å². The highest BCUT2D eigenvalue weighted by molar-refractivity contribution is 6.22. The van der Waals surface area contributed by atoms with E-state index >= 15 is 0 Å². The van der Waals surface area contributed by atoms with Crippen LogP contribution in [0.15, 0.2) is 168 Å². The van der Waals surface area contributed by atoms with Crippen molar-refractivity contribution < 1.29 is 11.3 Å². The first-order valence-electron chi connectivity index (χ1n) is 19.2. The van der Waals surface area contributed by atoms with Crippen molar-refractivity contribution in [3.63, 3.8) is 0 Å². The normalized spacial score (nSPS) is 13.8. The molecule has 0 fully saturated rings. The van der Waals surface area contributed by atoms with Crippen LogP contribution in [-0.4, -0.2) is 9.55 Å². The molecule has 0 N–H and O–H groups in total. The number of fused-ring (bicyclic) bond motifs is 6. The fourth-order valence-electron chi connectivity index (χ4n) is 7.66. The van der Waals surface area contributed by atoms with E-state index in [0.717, 1.165) is 76.9 Å². The standard InChI is InChI=1S/C47H32N2O/c1-2-45-48-41-20-9-10-21-42(41)49(45)34-16-12-15-32(27-34)46-36-18-6-7-19-37(36)47(40-28-31(23-25-38(40)46)30-13-4-3-5-14-30)33-24-26-44-39(29-33)35-17-8-11-22-43(35)50-44/h3-29H,2H2,1H3/i1D3,2D2. The lowest BCUT2D eigenvalue weighted by atomic mass is 9.84. The quantitative estimate of drug-likeness (QED) is 0.174. The number of benzene rings is 8. The van der Waals surface area contributed by atoms with Crippen LogP contribution in [0.1, 0.15) is 19.5 Å². The molecular weight excluding hydrogens is 609 g/mol. The number of hydrogen-bond donors (Lipinski definition) is 0. The van der Waals surface area contributed by atoms with Crippen LogP contribution in [0.4, 0.5) is 0 Å². The van der Waals surface area contributed by atoms with E-state index in [9.17, 15) is 0 Å². The van der Waals surface area contributed by atoms with Crippen LogP contribution < -0.4 is 0 Å². The number of imidazole rings is 1. The Bertz CT molecular complexity index is 3120. The molecule has 8 aromatic carbocycles. The minimum Gasteiger partial charge on any atom is -0.456 e. The van der Waals surface area contributed by atoms with Crippen molar-refractivity contribution in [2.45, 2.75) is 13.2 Å². The average Bonchev–Trinajstić information content (AvgIpc) is 3.79. The maximum Gasteiger partial charge on any atom is 0.135 e. The second-order valence-corrected chi connectivity index (χ2v) is 12.7. The molecule has 0 saturated carbocycles. The van der Waals surface area contributed by atoms with Crippen LogP contribution in [0, 0.1) is 0 Å². The van der Waals surface area contributed by atoms with Gasteiger partial charge in [-0.3, -0.25) is 4.57 Å². The van der Waals surface area contributed by atoms with Gasteiger partial charge >= 0.3 is 0 Å². The van der Waals surface area contributed by atoms with Crippen molar-refractivity contribution in [3.8, 4) is 39.1 Å². The molecule has 10 rings (SSSR count). The summed E-state index contributed by atoms with van der Waals surface area (Å²) in [5.41, 5.74) is 9.80. The average molecular weight is 646 g/mol. The Kier molecular flexibility index (Phi) is 5.39. The van der Waals surface area contributed by atoms with Gasteiger partial charge in [0.25, 0.3) is 0 Å². The van der Waals surface area contributed by atoms with Gasteiger partial charge < -0.3 is 4.42 Å². The molecule has 0 amide bonds. The Hall–Kier alpha value is -6.45. The third-order valence-corrected chi connectivity index (χ3v) is 9.86. The van der Waals surface area contributed by atoms with Crippen LogP contribution in [-0.2, 0) is 6.37 Å². The van der Waals surface area contributed by atoms with Crippen molar-refractivity contribution in [1.29, 1.82) is 0 Å². The molecule has 50 heavy (non-hydrogen) atoms. The van der Waals surface area contributed by atoms with Crippen molar-refractivity contribution in [1.82, 2.24) is 9.55 Å². The first-order valence-corrected chi connectivity index (χ1v) is 16.7. The van der Waals surface area contributed by atoms with E-state index in [1.165, 1.54) is 0 Å². The highest BCUT2D eigenvalue weighted by Crippen LogP contribution is 2.46. The summed E-state index contributed by atoms with van der Waals surface area (Å²) in [4.78, 5) is 4.57. The van der Waals surface area contributed by atoms with Crippen molar-refractivity contribution in [2.24, 2.45) is 0 Å². The van der Waals surface area contributed by atoms with Gasteiger partial charge in [-0.2, -0.15) is 0 Å². The zero-order valence-corrected chi connectivity index (χ0v) is 26.9. The van der Waals surface area contributed by atoms with Gasteiger partial charge in [-0.05, 0) is 103 Å². The molecule has 0 aliphatic rings. The minimum atomic E-state index is -2.94. The van der Waals surface area contributed by atoms with Gasteiger partial charge in [0, 0.05) is 29.7 Å². The Labute approximate surface area is 296 Å². The van der Waals surface area contributed by atoms with Gasteiger partial charge in [0.15, 0.2) is 0 Å². The first-order chi connectivity index (χ1) is 26.7. The second kappa shape index (κ2) is 11.3. The van der Waals surface area contributed by atoms with Crippen LogP contribution in [0.5, 0.6) is 0 Å². The minimum absolute atomic E-state index is 0.162. The van der Waals surface area contributed by atoms with E-state index in [4.69, 9.17) is 11.3 Å². The molecule has 236 valence electrons. The number of nitrogens with zero attached hydrogens (tertiary/aromatic N) is 2. The summed E-state index contributed by atoms with van der Waals surface area (Å²) < 4.78 is 49.7. The smallest absolute Gasteiger partial charge is 0.135 e. The number of para-hydroxylation sites is 3.